The lowest BCUT2D eigenvalue weighted by molar-refractivity contribution is 0.0699. The second-order valence-corrected chi connectivity index (χ2v) is 6.68. The van der Waals surface area contributed by atoms with Crippen LogP contribution in [0, 0.1) is 0 Å². The number of methoxy groups -OCH3 is 1. The minimum absolute atomic E-state index is 0.0188. The molecule has 8 heteroatoms. The molecular weight excluding hydrogens is 332 g/mol. The number of aromatic amines is 1. The molecule has 0 aliphatic heterocycles. The molecule has 2 aromatic carbocycles. The van der Waals surface area contributed by atoms with E-state index in [9.17, 15) is 13.2 Å². The summed E-state index contributed by atoms with van der Waals surface area (Å²) in [4.78, 5) is 13.9. The zero-order valence-corrected chi connectivity index (χ0v) is 13.4. The summed E-state index contributed by atoms with van der Waals surface area (Å²) in [5.41, 5.74) is 0.962. The topological polar surface area (TPSA) is 108 Å². The number of rotatable bonds is 5. The number of aromatic nitrogens is 1. The van der Waals surface area contributed by atoms with Gasteiger partial charge in [-0.2, -0.15) is 0 Å². The van der Waals surface area contributed by atoms with Gasteiger partial charge in [0.1, 0.15) is 10.6 Å². The highest BCUT2D eigenvalue weighted by molar-refractivity contribution is 7.92. The molecule has 0 fully saturated rings. The lowest BCUT2D eigenvalue weighted by atomic mass is 10.1. The quantitative estimate of drug-likeness (QED) is 0.658. The van der Waals surface area contributed by atoms with E-state index in [4.69, 9.17) is 9.84 Å². The zero-order valence-electron chi connectivity index (χ0n) is 12.6. The van der Waals surface area contributed by atoms with E-state index in [1.807, 2.05) is 0 Å². The highest BCUT2D eigenvalue weighted by Crippen LogP contribution is 2.27. The third-order valence-corrected chi connectivity index (χ3v) is 4.94. The Bertz CT molecular complexity index is 1020. The van der Waals surface area contributed by atoms with Crippen LogP contribution in [0.15, 0.2) is 53.6 Å². The van der Waals surface area contributed by atoms with Gasteiger partial charge in [0, 0.05) is 17.1 Å². The van der Waals surface area contributed by atoms with E-state index in [0.717, 1.165) is 0 Å². The van der Waals surface area contributed by atoms with Gasteiger partial charge in [-0.3, -0.25) is 4.72 Å². The Labute approximate surface area is 137 Å². The van der Waals surface area contributed by atoms with E-state index < -0.39 is 16.0 Å². The molecule has 3 rings (SSSR count). The number of carboxylic acid groups (broad SMARTS) is 1. The van der Waals surface area contributed by atoms with Gasteiger partial charge in [-0.25, -0.2) is 13.2 Å². The first kappa shape index (κ1) is 15.9. The first-order chi connectivity index (χ1) is 11.4. The Morgan fingerprint density at radius 3 is 2.67 bits per heavy atom. The number of nitrogens with one attached hydrogen (secondary N) is 2. The largest absolute Gasteiger partial charge is 0.495 e. The van der Waals surface area contributed by atoms with Crippen molar-refractivity contribution < 1.29 is 23.1 Å². The second-order valence-electron chi connectivity index (χ2n) is 5.02. The van der Waals surface area contributed by atoms with Gasteiger partial charge < -0.3 is 14.8 Å². The number of aromatic carboxylic acids is 1. The van der Waals surface area contributed by atoms with E-state index in [1.165, 1.54) is 31.5 Å². The molecule has 124 valence electrons. The van der Waals surface area contributed by atoms with E-state index in [-0.39, 0.29) is 16.2 Å². The fourth-order valence-corrected chi connectivity index (χ4v) is 3.64. The number of anilines is 1. The van der Waals surface area contributed by atoms with Crippen LogP contribution in [0.25, 0.3) is 10.9 Å². The van der Waals surface area contributed by atoms with Crippen molar-refractivity contribution in [3.63, 3.8) is 0 Å². The molecule has 0 spiro atoms. The second kappa shape index (κ2) is 5.89. The number of fused-ring (bicyclic) bond motifs is 1. The maximum atomic E-state index is 12.5. The van der Waals surface area contributed by atoms with E-state index >= 15 is 0 Å². The molecule has 1 aromatic heterocycles. The third-order valence-electron chi connectivity index (χ3n) is 3.52. The number of benzene rings is 2. The van der Waals surface area contributed by atoms with Gasteiger partial charge in [0.25, 0.3) is 10.0 Å². The Hall–Kier alpha value is -3.00. The summed E-state index contributed by atoms with van der Waals surface area (Å²) < 4.78 is 32.6. The fraction of sp³-hybridized carbons (Fsp3) is 0.0625. The Balaban J connectivity index is 1.98. The summed E-state index contributed by atoms with van der Waals surface area (Å²) in [6.45, 7) is 0. The Morgan fingerprint density at radius 2 is 1.96 bits per heavy atom. The van der Waals surface area contributed by atoms with Crippen molar-refractivity contribution in [2.75, 3.05) is 11.8 Å². The molecule has 24 heavy (non-hydrogen) atoms. The average Bonchev–Trinajstić information content (AvgIpc) is 2.97. The summed E-state index contributed by atoms with van der Waals surface area (Å²) in [6, 6.07) is 10.9. The lowest BCUT2D eigenvalue weighted by Crippen LogP contribution is -2.14. The highest BCUT2D eigenvalue weighted by atomic mass is 32.2. The molecule has 1 heterocycles. The van der Waals surface area contributed by atoms with E-state index in [0.29, 0.717) is 16.6 Å². The highest BCUT2D eigenvalue weighted by Gasteiger charge is 2.19. The monoisotopic (exact) mass is 346 g/mol. The average molecular weight is 346 g/mol. The first-order valence-electron chi connectivity index (χ1n) is 6.92. The van der Waals surface area contributed by atoms with Crippen molar-refractivity contribution in [1.82, 2.24) is 4.98 Å². The third kappa shape index (κ3) is 2.79. The minimum atomic E-state index is -3.84. The molecule has 3 N–H and O–H groups in total. The smallest absolute Gasteiger partial charge is 0.337 e. The summed E-state index contributed by atoms with van der Waals surface area (Å²) in [5, 5.41) is 9.59. The number of para-hydroxylation sites is 1. The Morgan fingerprint density at radius 1 is 1.21 bits per heavy atom. The summed E-state index contributed by atoms with van der Waals surface area (Å²) in [7, 11) is -2.44. The van der Waals surface area contributed by atoms with Crippen LogP contribution in [0.4, 0.5) is 5.69 Å². The molecule has 0 radical (unpaired) electrons. The number of sulfonamides is 1. The van der Waals surface area contributed by atoms with Crippen molar-refractivity contribution in [3.8, 4) is 5.75 Å². The Kier molecular flexibility index (Phi) is 3.90. The van der Waals surface area contributed by atoms with Crippen molar-refractivity contribution >= 4 is 32.6 Å². The van der Waals surface area contributed by atoms with Crippen molar-refractivity contribution in [2.24, 2.45) is 0 Å². The van der Waals surface area contributed by atoms with Crippen LogP contribution >= 0.6 is 0 Å². The van der Waals surface area contributed by atoms with Crippen LogP contribution in [0.5, 0.6) is 5.75 Å². The molecule has 3 aromatic rings. The van der Waals surface area contributed by atoms with Gasteiger partial charge >= 0.3 is 5.97 Å². The van der Waals surface area contributed by atoms with Gasteiger partial charge in [-0.05, 0) is 30.3 Å². The molecule has 0 saturated heterocycles. The van der Waals surface area contributed by atoms with Crippen LogP contribution in [0.2, 0.25) is 0 Å². The molecule has 0 saturated carbocycles. The normalized spacial score (nSPS) is 11.4. The predicted molar refractivity (Wildman–Crippen MR) is 89.1 cm³/mol. The SMILES string of the molecule is COc1ccccc1S(=O)(=O)Nc1ccc2c(C(=O)O)c[nH]c2c1. The lowest BCUT2D eigenvalue weighted by Gasteiger charge is -2.11. The number of ether oxygens (including phenoxy) is 1. The number of carboxylic acids is 1. The first-order valence-corrected chi connectivity index (χ1v) is 8.41. The number of hydrogen-bond donors (Lipinski definition) is 3. The zero-order chi connectivity index (χ0) is 17.3. The number of carbonyl (C=O) groups is 1. The summed E-state index contributed by atoms with van der Waals surface area (Å²) in [5.74, 6) is -0.817. The molecule has 0 bridgehead atoms. The van der Waals surface area contributed by atoms with E-state index in [1.54, 1.807) is 24.3 Å². The fourth-order valence-electron chi connectivity index (χ4n) is 2.42. The predicted octanol–water partition coefficient (Wildman–Crippen LogP) is 2.68. The van der Waals surface area contributed by atoms with Crippen LogP contribution < -0.4 is 9.46 Å². The van der Waals surface area contributed by atoms with Gasteiger partial charge in [0.2, 0.25) is 0 Å². The number of H-pyrrole nitrogens is 1. The molecule has 0 aliphatic carbocycles. The number of hydrogen-bond acceptors (Lipinski definition) is 4. The maximum absolute atomic E-state index is 12.5. The van der Waals surface area contributed by atoms with Crippen molar-refractivity contribution in [2.45, 2.75) is 4.90 Å². The molecule has 0 unspecified atom stereocenters. The van der Waals surface area contributed by atoms with Gasteiger partial charge in [-0.1, -0.05) is 12.1 Å². The standard InChI is InChI=1S/C16H14N2O5S/c1-23-14-4-2-3-5-15(14)24(21,22)18-10-6-7-11-12(16(19)20)9-17-13(11)8-10/h2-9,17-18H,1H3,(H,19,20). The van der Waals surface area contributed by atoms with Gasteiger partial charge in [-0.15, -0.1) is 0 Å². The molecular formula is C16H14N2O5S. The van der Waals surface area contributed by atoms with Crippen LogP contribution in [0.1, 0.15) is 10.4 Å². The van der Waals surface area contributed by atoms with Gasteiger partial charge in [0.05, 0.1) is 18.4 Å². The molecule has 7 nitrogen and oxygen atoms in total. The van der Waals surface area contributed by atoms with Crippen molar-refractivity contribution in [3.05, 3.63) is 54.2 Å². The van der Waals surface area contributed by atoms with Crippen LogP contribution in [-0.2, 0) is 10.0 Å². The van der Waals surface area contributed by atoms with Crippen molar-refractivity contribution in [1.29, 1.82) is 0 Å². The van der Waals surface area contributed by atoms with Crippen LogP contribution in [-0.4, -0.2) is 31.6 Å². The minimum Gasteiger partial charge on any atom is -0.495 e. The summed E-state index contributed by atoms with van der Waals surface area (Å²) >= 11 is 0. The van der Waals surface area contributed by atoms with Crippen LogP contribution in [0.3, 0.4) is 0 Å². The molecule has 0 atom stereocenters. The molecule has 0 aliphatic rings. The maximum Gasteiger partial charge on any atom is 0.337 e. The summed E-state index contributed by atoms with van der Waals surface area (Å²) in [6.07, 6.45) is 1.37. The van der Waals surface area contributed by atoms with Gasteiger partial charge in [0.15, 0.2) is 0 Å². The molecule has 0 amide bonds. The van der Waals surface area contributed by atoms with E-state index in [2.05, 4.69) is 9.71 Å².